The Hall–Kier alpha value is -4.24. The van der Waals surface area contributed by atoms with Crippen LogP contribution < -0.4 is 29.9 Å². The quantitative estimate of drug-likeness (QED) is 0.353. The Labute approximate surface area is 236 Å². The zero-order valence-electron chi connectivity index (χ0n) is 23.8. The highest BCUT2D eigenvalue weighted by atomic mass is 16.5. The smallest absolute Gasteiger partial charge is 0.255 e. The van der Waals surface area contributed by atoms with Crippen LogP contribution in [0.3, 0.4) is 0 Å². The van der Waals surface area contributed by atoms with Gasteiger partial charge in [-0.1, -0.05) is 18.2 Å². The minimum absolute atomic E-state index is 0.154. The van der Waals surface area contributed by atoms with Crippen molar-refractivity contribution in [2.24, 2.45) is 0 Å². The first-order chi connectivity index (χ1) is 19.4. The molecule has 3 aromatic rings. The van der Waals surface area contributed by atoms with E-state index in [2.05, 4.69) is 31.4 Å². The van der Waals surface area contributed by atoms with Gasteiger partial charge in [-0.15, -0.1) is 0 Å². The number of para-hydroxylation sites is 2. The lowest BCUT2D eigenvalue weighted by atomic mass is 10.1. The van der Waals surface area contributed by atoms with Crippen LogP contribution in [0, 0.1) is 0 Å². The van der Waals surface area contributed by atoms with Crippen LogP contribution in [0.5, 0.6) is 11.5 Å². The van der Waals surface area contributed by atoms with Crippen LogP contribution >= 0.6 is 0 Å². The van der Waals surface area contributed by atoms with Crippen molar-refractivity contribution < 1.29 is 19.1 Å². The predicted octanol–water partition coefficient (Wildman–Crippen LogP) is 3.96. The minimum atomic E-state index is -0.269. The van der Waals surface area contributed by atoms with E-state index < -0.39 is 0 Å². The zero-order chi connectivity index (χ0) is 28.5. The third kappa shape index (κ3) is 7.24. The van der Waals surface area contributed by atoms with Gasteiger partial charge >= 0.3 is 0 Å². The second kappa shape index (κ2) is 13.7. The van der Waals surface area contributed by atoms with Crippen molar-refractivity contribution in [2.45, 2.75) is 6.42 Å². The summed E-state index contributed by atoms with van der Waals surface area (Å²) in [5.41, 5.74) is 3.50. The number of anilines is 3. The van der Waals surface area contributed by atoms with Crippen LogP contribution in [0.1, 0.15) is 27.1 Å². The fraction of sp³-hybridized carbons (Fsp3) is 0.355. The molecule has 9 heteroatoms. The van der Waals surface area contributed by atoms with Gasteiger partial charge in [-0.25, -0.2) is 0 Å². The lowest BCUT2D eigenvalue weighted by Crippen LogP contribution is -2.47. The fourth-order valence-electron chi connectivity index (χ4n) is 4.81. The molecule has 0 aliphatic carbocycles. The van der Waals surface area contributed by atoms with Crippen LogP contribution in [0.4, 0.5) is 17.1 Å². The monoisotopic (exact) mass is 545 g/mol. The van der Waals surface area contributed by atoms with E-state index in [0.29, 0.717) is 29.1 Å². The summed E-state index contributed by atoms with van der Waals surface area (Å²) >= 11 is 0. The molecule has 0 aromatic heterocycles. The number of carbonyl (C=O) groups is 2. The van der Waals surface area contributed by atoms with Gasteiger partial charge in [-0.05, 0) is 75.6 Å². The minimum Gasteiger partial charge on any atom is -0.497 e. The van der Waals surface area contributed by atoms with Gasteiger partial charge in [0.25, 0.3) is 11.8 Å². The SMILES string of the molecule is COc1cccc(C(=O)Nc2ccc(N3CCN(c4ccccc4OC)CC3)c(C(=O)NCCCN(C)C)c2)c1. The van der Waals surface area contributed by atoms with Gasteiger partial charge < -0.3 is 34.8 Å². The molecule has 1 aliphatic heterocycles. The number of carbonyl (C=O) groups excluding carboxylic acids is 2. The third-order valence-corrected chi connectivity index (χ3v) is 6.94. The molecule has 2 amide bonds. The number of piperazine rings is 1. The van der Waals surface area contributed by atoms with Crippen LogP contribution in [-0.4, -0.2) is 84.3 Å². The molecule has 212 valence electrons. The maximum Gasteiger partial charge on any atom is 0.255 e. The Kier molecular flexibility index (Phi) is 9.86. The molecule has 0 unspecified atom stereocenters. The van der Waals surface area contributed by atoms with E-state index >= 15 is 0 Å². The summed E-state index contributed by atoms with van der Waals surface area (Å²) in [6.07, 6.45) is 0.845. The van der Waals surface area contributed by atoms with Crippen LogP contribution in [0.15, 0.2) is 66.7 Å². The lowest BCUT2D eigenvalue weighted by molar-refractivity contribution is 0.0951. The second-order valence-electron chi connectivity index (χ2n) is 9.98. The first kappa shape index (κ1) is 28.8. The largest absolute Gasteiger partial charge is 0.497 e. The number of methoxy groups -OCH3 is 2. The molecule has 0 spiro atoms. The van der Waals surface area contributed by atoms with Crippen LogP contribution in [0.25, 0.3) is 0 Å². The zero-order valence-corrected chi connectivity index (χ0v) is 23.8. The van der Waals surface area contributed by atoms with Crippen molar-refractivity contribution in [1.29, 1.82) is 0 Å². The van der Waals surface area contributed by atoms with Gasteiger partial charge in [0.1, 0.15) is 11.5 Å². The summed E-state index contributed by atoms with van der Waals surface area (Å²) < 4.78 is 10.8. The van der Waals surface area contributed by atoms with Gasteiger partial charge in [0.05, 0.1) is 25.5 Å². The summed E-state index contributed by atoms with van der Waals surface area (Å²) in [6, 6.07) is 20.5. The number of hydrogen-bond donors (Lipinski definition) is 2. The highest BCUT2D eigenvalue weighted by molar-refractivity contribution is 6.06. The standard InChI is InChI=1S/C31H39N5O4/c1-34(2)16-8-15-32-31(38)26-22-24(33-30(37)23-9-7-10-25(21-23)39-3)13-14-27(26)35-17-19-36(20-18-35)28-11-5-6-12-29(28)40-4/h5-7,9-14,21-22H,8,15-20H2,1-4H3,(H,32,38)(H,33,37). The summed E-state index contributed by atoms with van der Waals surface area (Å²) in [5, 5.41) is 6.00. The molecule has 40 heavy (non-hydrogen) atoms. The molecule has 0 bridgehead atoms. The van der Waals surface area contributed by atoms with E-state index in [9.17, 15) is 9.59 Å². The number of benzene rings is 3. The summed E-state index contributed by atoms with van der Waals surface area (Å²) in [6.45, 7) is 4.52. The first-order valence-electron chi connectivity index (χ1n) is 13.5. The molecule has 0 saturated carbocycles. The van der Waals surface area contributed by atoms with Crippen molar-refractivity contribution >= 4 is 28.9 Å². The number of hydrogen-bond acceptors (Lipinski definition) is 7. The van der Waals surface area contributed by atoms with E-state index in [-0.39, 0.29) is 11.8 Å². The van der Waals surface area contributed by atoms with E-state index in [1.54, 1.807) is 44.6 Å². The number of rotatable bonds is 11. The summed E-state index contributed by atoms with van der Waals surface area (Å²) in [4.78, 5) is 33.0. The Balaban J connectivity index is 1.52. The van der Waals surface area contributed by atoms with Gasteiger partial charge in [-0.2, -0.15) is 0 Å². The highest BCUT2D eigenvalue weighted by Gasteiger charge is 2.24. The van der Waals surface area contributed by atoms with Gasteiger partial charge in [0.2, 0.25) is 0 Å². The van der Waals surface area contributed by atoms with Crippen molar-refractivity contribution in [3.8, 4) is 11.5 Å². The first-order valence-corrected chi connectivity index (χ1v) is 13.5. The molecule has 2 N–H and O–H groups in total. The molecule has 9 nitrogen and oxygen atoms in total. The van der Waals surface area contributed by atoms with Gasteiger partial charge in [-0.3, -0.25) is 9.59 Å². The molecule has 1 heterocycles. The van der Waals surface area contributed by atoms with Gasteiger partial charge in [0, 0.05) is 49.7 Å². The molecule has 1 fully saturated rings. The molecular formula is C31H39N5O4. The van der Waals surface area contributed by atoms with E-state index in [4.69, 9.17) is 9.47 Å². The maximum absolute atomic E-state index is 13.4. The lowest BCUT2D eigenvalue weighted by Gasteiger charge is -2.38. The maximum atomic E-state index is 13.4. The summed E-state index contributed by atoms with van der Waals surface area (Å²) in [7, 11) is 7.28. The second-order valence-corrected chi connectivity index (χ2v) is 9.98. The van der Waals surface area contributed by atoms with Crippen molar-refractivity contribution in [3.63, 3.8) is 0 Å². The number of nitrogens with one attached hydrogen (secondary N) is 2. The van der Waals surface area contributed by atoms with Crippen molar-refractivity contribution in [3.05, 3.63) is 77.9 Å². The fourth-order valence-corrected chi connectivity index (χ4v) is 4.81. The Morgan fingerprint density at radius 3 is 2.25 bits per heavy atom. The average Bonchev–Trinajstić information content (AvgIpc) is 2.99. The molecule has 0 atom stereocenters. The molecule has 1 aliphatic rings. The molecule has 3 aromatic carbocycles. The van der Waals surface area contributed by atoms with E-state index in [1.165, 1.54) is 0 Å². The normalized spacial score (nSPS) is 13.2. The predicted molar refractivity (Wildman–Crippen MR) is 160 cm³/mol. The Morgan fingerprint density at radius 1 is 0.825 bits per heavy atom. The average molecular weight is 546 g/mol. The van der Waals surface area contributed by atoms with E-state index in [1.807, 2.05) is 44.4 Å². The molecule has 0 radical (unpaired) electrons. The molecule has 1 saturated heterocycles. The third-order valence-electron chi connectivity index (χ3n) is 6.94. The summed E-state index contributed by atoms with van der Waals surface area (Å²) in [5.74, 6) is 1.03. The Bertz CT molecular complexity index is 1300. The van der Waals surface area contributed by atoms with Crippen molar-refractivity contribution in [1.82, 2.24) is 10.2 Å². The molecular weight excluding hydrogens is 506 g/mol. The number of amides is 2. The number of ether oxygens (including phenoxy) is 2. The van der Waals surface area contributed by atoms with E-state index in [0.717, 1.165) is 56.3 Å². The number of nitrogens with zero attached hydrogens (tertiary/aromatic N) is 3. The Morgan fingerprint density at radius 2 is 1.55 bits per heavy atom. The van der Waals surface area contributed by atoms with Crippen molar-refractivity contribution in [2.75, 3.05) is 82.7 Å². The van der Waals surface area contributed by atoms with Crippen LogP contribution in [0.2, 0.25) is 0 Å². The highest BCUT2D eigenvalue weighted by Crippen LogP contribution is 2.31. The van der Waals surface area contributed by atoms with Gasteiger partial charge in [0.15, 0.2) is 0 Å². The van der Waals surface area contributed by atoms with Crippen LogP contribution in [-0.2, 0) is 0 Å². The molecule has 4 rings (SSSR count). The topological polar surface area (TPSA) is 86.4 Å².